The van der Waals surface area contributed by atoms with Gasteiger partial charge in [0, 0.05) is 42.4 Å². The number of benzene rings is 6. The molecule has 3 heterocycles. The second-order valence-corrected chi connectivity index (χ2v) is 13.8. The number of para-hydroxylation sites is 1. The molecule has 3 aromatic heterocycles. The molecule has 0 N–H and O–H groups in total. The summed E-state index contributed by atoms with van der Waals surface area (Å²) in [5.74, 6) is 2.17. The van der Waals surface area contributed by atoms with E-state index in [9.17, 15) is 0 Å². The lowest BCUT2D eigenvalue weighted by Gasteiger charge is -2.15. The van der Waals surface area contributed by atoms with Crippen molar-refractivity contribution in [3.05, 3.63) is 170 Å². The van der Waals surface area contributed by atoms with Crippen molar-refractivity contribution >= 4 is 53.3 Å². The fourth-order valence-corrected chi connectivity index (χ4v) is 8.58. The molecule has 0 saturated heterocycles. The van der Waals surface area contributed by atoms with Crippen LogP contribution in [0.5, 0.6) is 0 Å². The van der Waals surface area contributed by atoms with Crippen LogP contribution < -0.4 is 0 Å². The third kappa shape index (κ3) is 4.78. The maximum atomic E-state index is 5.19. The Morgan fingerprint density at radius 1 is 0.540 bits per heavy atom. The van der Waals surface area contributed by atoms with E-state index in [4.69, 9.17) is 15.0 Å². The normalized spacial score (nSPS) is 14.4. The first kappa shape index (κ1) is 28.8. The third-order valence-electron chi connectivity index (χ3n) is 9.77. The summed E-state index contributed by atoms with van der Waals surface area (Å²) in [6.07, 6.45) is 9.39. The number of hydrogen-bond donors (Lipinski definition) is 0. The van der Waals surface area contributed by atoms with Gasteiger partial charge >= 0.3 is 0 Å². The quantitative estimate of drug-likeness (QED) is 0.185. The summed E-state index contributed by atoms with van der Waals surface area (Å²) in [6.45, 7) is 0. The average molecular weight is 659 g/mol. The zero-order chi connectivity index (χ0) is 33.0. The molecule has 10 rings (SSSR count). The predicted octanol–water partition coefficient (Wildman–Crippen LogP) is 11.9. The van der Waals surface area contributed by atoms with Crippen molar-refractivity contribution in [2.75, 3.05) is 0 Å². The van der Waals surface area contributed by atoms with Gasteiger partial charge in [0.25, 0.3) is 0 Å². The molecular weight excluding hydrogens is 629 g/mol. The van der Waals surface area contributed by atoms with Gasteiger partial charge in [-0.05, 0) is 52.9 Å². The molecule has 9 aromatic rings. The summed E-state index contributed by atoms with van der Waals surface area (Å²) in [7, 11) is 0. The summed E-state index contributed by atoms with van der Waals surface area (Å²) in [5, 5.41) is 4.96. The molecule has 1 aliphatic rings. The molecule has 0 amide bonds. The van der Waals surface area contributed by atoms with Crippen molar-refractivity contribution in [3.8, 4) is 39.6 Å². The minimum Gasteiger partial charge on any atom is -0.278 e. The first-order valence-electron chi connectivity index (χ1n) is 17.0. The van der Waals surface area contributed by atoms with Crippen molar-refractivity contribution in [2.24, 2.45) is 0 Å². The standard InChI is InChI=1S/C45H30N4S/c1-3-13-29(14-4-1)43-46-44(30-15-5-2-6-16-30)48-45(47-43)49-39-23-9-7-19-35(39)36-26-25-32(28-40(36)49)31-17-11-18-33(27-31)34-21-12-22-38-37-20-8-10-24-41(37)50-42(34)38/h1-15,17-28,30H,16H2. The summed E-state index contributed by atoms with van der Waals surface area (Å²) >= 11 is 1.87. The van der Waals surface area contributed by atoms with Crippen molar-refractivity contribution < 1.29 is 0 Å². The van der Waals surface area contributed by atoms with Gasteiger partial charge in [0.05, 0.1) is 11.0 Å². The van der Waals surface area contributed by atoms with E-state index < -0.39 is 0 Å². The van der Waals surface area contributed by atoms with E-state index in [0.29, 0.717) is 11.8 Å². The maximum Gasteiger partial charge on any atom is 0.238 e. The van der Waals surface area contributed by atoms with E-state index in [1.165, 1.54) is 47.6 Å². The molecule has 1 atom stereocenters. The first-order chi connectivity index (χ1) is 24.8. The fraction of sp³-hybridized carbons (Fsp3) is 0.0444. The van der Waals surface area contributed by atoms with Gasteiger partial charge in [-0.25, -0.2) is 4.98 Å². The second-order valence-electron chi connectivity index (χ2n) is 12.8. The first-order valence-corrected chi connectivity index (χ1v) is 17.8. The van der Waals surface area contributed by atoms with Gasteiger partial charge in [0.2, 0.25) is 5.95 Å². The lowest BCUT2D eigenvalue weighted by atomic mass is 9.97. The molecule has 0 bridgehead atoms. The van der Waals surface area contributed by atoms with E-state index in [2.05, 4.69) is 150 Å². The molecule has 50 heavy (non-hydrogen) atoms. The maximum absolute atomic E-state index is 5.19. The van der Waals surface area contributed by atoms with Crippen molar-refractivity contribution in [1.82, 2.24) is 19.5 Å². The van der Waals surface area contributed by atoms with Crippen molar-refractivity contribution in [3.63, 3.8) is 0 Å². The van der Waals surface area contributed by atoms with Gasteiger partial charge in [-0.15, -0.1) is 11.3 Å². The van der Waals surface area contributed by atoms with Crippen LogP contribution >= 0.6 is 11.3 Å². The van der Waals surface area contributed by atoms with Crippen LogP contribution in [0.3, 0.4) is 0 Å². The van der Waals surface area contributed by atoms with Crippen LogP contribution in [-0.4, -0.2) is 19.5 Å². The van der Waals surface area contributed by atoms with Crippen LogP contribution in [0.1, 0.15) is 18.2 Å². The highest BCUT2D eigenvalue weighted by Gasteiger charge is 2.21. The zero-order valence-corrected chi connectivity index (χ0v) is 27.9. The Balaban J connectivity index is 1.16. The molecule has 6 aromatic carbocycles. The Labute approximate surface area is 293 Å². The highest BCUT2D eigenvalue weighted by molar-refractivity contribution is 7.26. The topological polar surface area (TPSA) is 43.6 Å². The lowest BCUT2D eigenvalue weighted by Crippen LogP contribution is -2.11. The summed E-state index contributed by atoms with van der Waals surface area (Å²) < 4.78 is 4.86. The molecule has 236 valence electrons. The largest absolute Gasteiger partial charge is 0.278 e. The molecule has 0 radical (unpaired) electrons. The Kier molecular flexibility index (Phi) is 6.78. The predicted molar refractivity (Wildman–Crippen MR) is 209 cm³/mol. The highest BCUT2D eigenvalue weighted by Crippen LogP contribution is 2.41. The lowest BCUT2D eigenvalue weighted by molar-refractivity contribution is 0.750. The van der Waals surface area contributed by atoms with Gasteiger partial charge in [-0.1, -0.05) is 140 Å². The monoisotopic (exact) mass is 658 g/mol. The molecule has 4 nitrogen and oxygen atoms in total. The molecule has 5 heteroatoms. The molecule has 0 aliphatic heterocycles. The Bertz CT molecular complexity index is 2810. The van der Waals surface area contributed by atoms with Crippen LogP contribution in [0.4, 0.5) is 0 Å². The third-order valence-corrected chi connectivity index (χ3v) is 11.0. The van der Waals surface area contributed by atoms with Crippen molar-refractivity contribution in [2.45, 2.75) is 12.3 Å². The molecular formula is C45H30N4S. The Morgan fingerprint density at radius 2 is 1.28 bits per heavy atom. The minimum absolute atomic E-state index is 0.0843. The number of hydrogen-bond acceptors (Lipinski definition) is 4. The van der Waals surface area contributed by atoms with E-state index in [-0.39, 0.29) is 5.92 Å². The fourth-order valence-electron chi connectivity index (χ4n) is 7.34. The number of fused-ring (bicyclic) bond motifs is 6. The summed E-state index contributed by atoms with van der Waals surface area (Å²) in [4.78, 5) is 15.3. The zero-order valence-electron chi connectivity index (χ0n) is 27.1. The van der Waals surface area contributed by atoms with Gasteiger partial charge in [0.15, 0.2) is 5.82 Å². The van der Waals surface area contributed by atoms with E-state index >= 15 is 0 Å². The minimum atomic E-state index is 0.0843. The van der Waals surface area contributed by atoms with Gasteiger partial charge in [-0.3, -0.25) is 4.57 Å². The van der Waals surface area contributed by atoms with E-state index in [0.717, 1.165) is 34.4 Å². The average Bonchev–Trinajstić information content (AvgIpc) is 3.74. The Hall–Kier alpha value is -6.17. The van der Waals surface area contributed by atoms with Gasteiger partial charge in [0.1, 0.15) is 5.82 Å². The summed E-state index contributed by atoms with van der Waals surface area (Å²) in [6, 6.07) is 49.8. The number of thiophene rings is 1. The second kappa shape index (κ2) is 11.8. The molecule has 1 aliphatic carbocycles. The summed E-state index contributed by atoms with van der Waals surface area (Å²) in [5.41, 5.74) is 7.89. The highest BCUT2D eigenvalue weighted by atomic mass is 32.1. The Morgan fingerprint density at radius 3 is 2.18 bits per heavy atom. The van der Waals surface area contributed by atoms with Crippen molar-refractivity contribution in [1.29, 1.82) is 0 Å². The number of aromatic nitrogens is 4. The molecule has 1 unspecified atom stereocenters. The van der Waals surface area contributed by atoms with Gasteiger partial charge in [-0.2, -0.15) is 9.97 Å². The molecule has 0 saturated carbocycles. The van der Waals surface area contributed by atoms with E-state index in [1.807, 2.05) is 29.5 Å². The van der Waals surface area contributed by atoms with Crippen LogP contribution in [-0.2, 0) is 0 Å². The van der Waals surface area contributed by atoms with Crippen LogP contribution in [0.15, 0.2) is 164 Å². The number of allylic oxidation sites excluding steroid dienone is 4. The van der Waals surface area contributed by atoms with E-state index in [1.54, 1.807) is 0 Å². The molecule has 0 spiro atoms. The smallest absolute Gasteiger partial charge is 0.238 e. The van der Waals surface area contributed by atoms with Crippen LogP contribution in [0.25, 0.3) is 81.6 Å². The number of rotatable bonds is 5. The molecule has 0 fully saturated rings. The van der Waals surface area contributed by atoms with Crippen LogP contribution in [0, 0.1) is 0 Å². The number of nitrogens with zero attached hydrogens (tertiary/aromatic N) is 4. The van der Waals surface area contributed by atoms with Gasteiger partial charge < -0.3 is 0 Å². The van der Waals surface area contributed by atoms with Crippen LogP contribution in [0.2, 0.25) is 0 Å². The SMILES string of the molecule is C1=CCC(c2nc(-c3ccccc3)nc(-n3c4ccccc4c4ccc(-c5cccc(-c6cccc7c6sc6ccccc67)c5)cc43)n2)C=C1.